The van der Waals surface area contributed by atoms with E-state index in [0.29, 0.717) is 28.6 Å². The standard InChI is InChI=1S/C28H30Cl2N2O2/c1-3-26(28(34)31-4-2)32(19-23-24(29)16-11-17-25(23)30)27(33)18-22(20-12-7-5-8-13-20)21-14-9-6-10-15-21/h5-17,22,26H,3-4,18-19H2,1-2H3,(H,31,34)/t26-/m1/s1. The monoisotopic (exact) mass is 496 g/mol. The summed E-state index contributed by atoms with van der Waals surface area (Å²) in [6.45, 7) is 4.41. The molecule has 0 aliphatic carbocycles. The second kappa shape index (κ2) is 12.6. The van der Waals surface area contributed by atoms with Gasteiger partial charge in [0.05, 0.1) is 0 Å². The van der Waals surface area contributed by atoms with E-state index >= 15 is 0 Å². The Kier molecular flexibility index (Phi) is 9.55. The third kappa shape index (κ3) is 6.40. The van der Waals surface area contributed by atoms with Crippen LogP contribution in [0.4, 0.5) is 0 Å². The highest BCUT2D eigenvalue weighted by Gasteiger charge is 2.31. The van der Waals surface area contributed by atoms with E-state index in [0.717, 1.165) is 11.1 Å². The maximum Gasteiger partial charge on any atom is 0.242 e. The van der Waals surface area contributed by atoms with Gasteiger partial charge in [-0.2, -0.15) is 0 Å². The van der Waals surface area contributed by atoms with Crippen molar-refractivity contribution in [1.82, 2.24) is 10.2 Å². The van der Waals surface area contributed by atoms with Gasteiger partial charge >= 0.3 is 0 Å². The fourth-order valence-corrected chi connectivity index (χ4v) is 4.67. The molecule has 0 spiro atoms. The van der Waals surface area contributed by atoms with Crippen LogP contribution in [-0.2, 0) is 16.1 Å². The number of benzene rings is 3. The predicted molar refractivity (Wildman–Crippen MR) is 139 cm³/mol. The Morgan fingerprint density at radius 1 is 0.824 bits per heavy atom. The van der Waals surface area contributed by atoms with Crippen LogP contribution in [0.2, 0.25) is 10.0 Å². The number of nitrogens with one attached hydrogen (secondary N) is 1. The van der Waals surface area contributed by atoms with E-state index < -0.39 is 6.04 Å². The van der Waals surface area contributed by atoms with Crippen molar-refractivity contribution < 1.29 is 9.59 Å². The summed E-state index contributed by atoms with van der Waals surface area (Å²) in [4.78, 5) is 28.5. The Bertz CT molecular complexity index is 1030. The smallest absolute Gasteiger partial charge is 0.242 e. The molecule has 0 saturated carbocycles. The van der Waals surface area contributed by atoms with Crippen molar-refractivity contribution in [3.05, 3.63) is 106 Å². The summed E-state index contributed by atoms with van der Waals surface area (Å²) in [7, 11) is 0. The minimum absolute atomic E-state index is 0.133. The van der Waals surface area contributed by atoms with Crippen molar-refractivity contribution in [2.24, 2.45) is 0 Å². The second-order valence-corrected chi connectivity index (χ2v) is 8.93. The number of carbonyl (C=O) groups excluding carboxylic acids is 2. The lowest BCUT2D eigenvalue weighted by atomic mass is 9.88. The van der Waals surface area contributed by atoms with Gasteiger partial charge in [-0.05, 0) is 36.6 Å². The van der Waals surface area contributed by atoms with Crippen LogP contribution >= 0.6 is 23.2 Å². The number of rotatable bonds is 10. The zero-order valence-electron chi connectivity index (χ0n) is 19.5. The van der Waals surface area contributed by atoms with Gasteiger partial charge in [0.25, 0.3) is 0 Å². The summed E-state index contributed by atoms with van der Waals surface area (Å²) in [5.74, 6) is -0.463. The first-order valence-electron chi connectivity index (χ1n) is 11.6. The molecule has 0 radical (unpaired) electrons. The molecule has 0 aliphatic heterocycles. The lowest BCUT2D eigenvalue weighted by molar-refractivity contribution is -0.141. The number of hydrogen-bond donors (Lipinski definition) is 1. The molecule has 0 fully saturated rings. The summed E-state index contributed by atoms with van der Waals surface area (Å²) < 4.78 is 0. The highest BCUT2D eigenvalue weighted by atomic mass is 35.5. The summed E-state index contributed by atoms with van der Waals surface area (Å²) in [5.41, 5.74) is 2.73. The number of nitrogens with zero attached hydrogens (tertiary/aromatic N) is 1. The second-order valence-electron chi connectivity index (χ2n) is 8.12. The van der Waals surface area contributed by atoms with Crippen LogP contribution in [0.5, 0.6) is 0 Å². The van der Waals surface area contributed by atoms with Gasteiger partial charge in [0.15, 0.2) is 0 Å². The molecule has 2 amide bonds. The topological polar surface area (TPSA) is 49.4 Å². The van der Waals surface area contributed by atoms with E-state index in [1.54, 1.807) is 23.1 Å². The molecule has 0 aromatic heterocycles. The van der Waals surface area contributed by atoms with Crippen LogP contribution in [0.3, 0.4) is 0 Å². The van der Waals surface area contributed by atoms with Crippen LogP contribution in [0.25, 0.3) is 0 Å². The van der Waals surface area contributed by atoms with E-state index in [-0.39, 0.29) is 30.7 Å². The number of hydrogen-bond acceptors (Lipinski definition) is 2. The Morgan fingerprint density at radius 2 is 1.35 bits per heavy atom. The fourth-order valence-electron chi connectivity index (χ4n) is 4.16. The van der Waals surface area contributed by atoms with Crippen molar-refractivity contribution >= 4 is 35.0 Å². The van der Waals surface area contributed by atoms with E-state index in [9.17, 15) is 9.59 Å². The van der Waals surface area contributed by atoms with Crippen LogP contribution in [0.15, 0.2) is 78.9 Å². The average molecular weight is 497 g/mol. The van der Waals surface area contributed by atoms with Crippen molar-refractivity contribution in [2.45, 2.75) is 45.2 Å². The molecule has 34 heavy (non-hydrogen) atoms. The fraction of sp³-hybridized carbons (Fsp3) is 0.286. The first-order chi connectivity index (χ1) is 16.5. The maximum absolute atomic E-state index is 13.9. The molecule has 0 unspecified atom stereocenters. The van der Waals surface area contributed by atoms with Gasteiger partial charge in [0.2, 0.25) is 11.8 Å². The van der Waals surface area contributed by atoms with Gasteiger partial charge in [-0.15, -0.1) is 0 Å². The predicted octanol–water partition coefficient (Wildman–Crippen LogP) is 6.46. The summed E-state index contributed by atoms with van der Waals surface area (Å²) in [6.07, 6.45) is 0.687. The molecule has 0 heterocycles. The van der Waals surface area contributed by atoms with Gasteiger partial charge in [-0.25, -0.2) is 0 Å². The minimum atomic E-state index is -0.632. The number of amides is 2. The maximum atomic E-state index is 13.9. The molecule has 6 heteroatoms. The van der Waals surface area contributed by atoms with Crippen LogP contribution < -0.4 is 5.32 Å². The molecule has 3 aromatic rings. The van der Waals surface area contributed by atoms with E-state index in [2.05, 4.69) is 5.32 Å². The molecule has 0 aliphatic rings. The van der Waals surface area contributed by atoms with Crippen LogP contribution in [0.1, 0.15) is 49.3 Å². The Morgan fingerprint density at radius 3 is 1.82 bits per heavy atom. The largest absolute Gasteiger partial charge is 0.355 e. The molecule has 1 atom stereocenters. The van der Waals surface area contributed by atoms with Crippen molar-refractivity contribution in [2.75, 3.05) is 6.54 Å². The molecule has 4 nitrogen and oxygen atoms in total. The highest BCUT2D eigenvalue weighted by Crippen LogP contribution is 2.31. The van der Waals surface area contributed by atoms with Crippen LogP contribution in [0, 0.1) is 0 Å². The van der Waals surface area contributed by atoms with Crippen molar-refractivity contribution in [3.63, 3.8) is 0 Å². The van der Waals surface area contributed by atoms with E-state index in [1.165, 1.54) is 0 Å². The Hall–Kier alpha value is -2.82. The average Bonchev–Trinajstić information content (AvgIpc) is 2.85. The van der Waals surface area contributed by atoms with Crippen molar-refractivity contribution in [1.29, 1.82) is 0 Å². The summed E-state index contributed by atoms with van der Waals surface area (Å²) in [5, 5.41) is 3.81. The summed E-state index contributed by atoms with van der Waals surface area (Å²) >= 11 is 12.9. The van der Waals surface area contributed by atoms with Gasteiger partial charge in [-0.1, -0.05) is 96.9 Å². The Balaban J connectivity index is 1.99. The zero-order valence-corrected chi connectivity index (χ0v) is 21.0. The normalized spacial score (nSPS) is 11.8. The molecule has 0 bridgehead atoms. The zero-order chi connectivity index (χ0) is 24.5. The molecule has 1 N–H and O–H groups in total. The number of likely N-dealkylation sites (N-methyl/N-ethyl adjacent to an activating group) is 1. The minimum Gasteiger partial charge on any atom is -0.355 e. The van der Waals surface area contributed by atoms with E-state index in [4.69, 9.17) is 23.2 Å². The third-order valence-electron chi connectivity index (χ3n) is 5.91. The van der Waals surface area contributed by atoms with Crippen LogP contribution in [-0.4, -0.2) is 29.3 Å². The molecular weight excluding hydrogens is 467 g/mol. The van der Waals surface area contributed by atoms with Gasteiger partial charge in [0, 0.05) is 41.0 Å². The van der Waals surface area contributed by atoms with Crippen molar-refractivity contribution in [3.8, 4) is 0 Å². The molecular formula is C28H30Cl2N2O2. The van der Waals surface area contributed by atoms with E-state index in [1.807, 2.05) is 74.5 Å². The first-order valence-corrected chi connectivity index (χ1v) is 12.3. The third-order valence-corrected chi connectivity index (χ3v) is 6.62. The number of carbonyl (C=O) groups is 2. The molecule has 3 aromatic carbocycles. The number of halogens is 2. The quantitative estimate of drug-likeness (QED) is 0.350. The molecule has 178 valence electrons. The SMILES string of the molecule is CCNC(=O)[C@@H](CC)N(Cc1c(Cl)cccc1Cl)C(=O)CC(c1ccccc1)c1ccccc1. The molecule has 0 saturated heterocycles. The first kappa shape index (κ1) is 25.8. The molecule has 3 rings (SSSR count). The van der Waals surface area contributed by atoms with Gasteiger partial charge in [-0.3, -0.25) is 9.59 Å². The lowest BCUT2D eigenvalue weighted by Crippen LogP contribution is -2.49. The van der Waals surface area contributed by atoms with Gasteiger partial charge < -0.3 is 10.2 Å². The summed E-state index contributed by atoms with van der Waals surface area (Å²) in [6, 6.07) is 24.6. The lowest BCUT2D eigenvalue weighted by Gasteiger charge is -2.32. The van der Waals surface area contributed by atoms with Gasteiger partial charge in [0.1, 0.15) is 6.04 Å². The Labute approximate surface area is 211 Å². The highest BCUT2D eigenvalue weighted by molar-refractivity contribution is 6.36.